The van der Waals surface area contributed by atoms with Crippen molar-refractivity contribution in [2.75, 3.05) is 31.1 Å². The Morgan fingerprint density at radius 2 is 1.81 bits per heavy atom. The molecule has 2 aromatic heterocycles. The number of carbonyl (C=O) groups is 1. The molecule has 0 N–H and O–H groups in total. The van der Waals surface area contributed by atoms with Crippen LogP contribution in [0.1, 0.15) is 34.9 Å². The number of imidazole rings is 1. The molecule has 0 spiro atoms. The third-order valence-electron chi connectivity index (χ3n) is 5.31. The van der Waals surface area contributed by atoms with Crippen LogP contribution in [0.3, 0.4) is 0 Å². The third kappa shape index (κ3) is 3.03. The molecule has 3 heterocycles. The van der Waals surface area contributed by atoms with Gasteiger partial charge in [0.15, 0.2) is 5.65 Å². The molecular weight excluding hydrogens is 345 g/mol. The SMILES string of the molecule is O=C(c1ccc2nc(C3CC3)cn2n1)N1CCN(c2ccccc2F)CC1. The van der Waals surface area contributed by atoms with Crippen LogP contribution in [0.25, 0.3) is 5.65 Å². The fourth-order valence-electron chi connectivity index (χ4n) is 3.61. The molecule has 0 radical (unpaired) electrons. The molecule has 1 saturated heterocycles. The summed E-state index contributed by atoms with van der Waals surface area (Å²) in [7, 11) is 0. The van der Waals surface area contributed by atoms with Crippen molar-refractivity contribution in [1.29, 1.82) is 0 Å². The van der Waals surface area contributed by atoms with E-state index in [1.807, 2.05) is 23.2 Å². The number of aromatic nitrogens is 3. The van der Waals surface area contributed by atoms with E-state index >= 15 is 0 Å². The quantitative estimate of drug-likeness (QED) is 0.716. The lowest BCUT2D eigenvalue weighted by atomic mass is 10.2. The first kappa shape index (κ1) is 16.2. The van der Waals surface area contributed by atoms with E-state index in [2.05, 4.69) is 10.1 Å². The van der Waals surface area contributed by atoms with Crippen LogP contribution in [-0.4, -0.2) is 51.6 Å². The number of halogens is 1. The molecule has 7 heteroatoms. The van der Waals surface area contributed by atoms with Gasteiger partial charge < -0.3 is 9.80 Å². The number of hydrogen-bond acceptors (Lipinski definition) is 4. The van der Waals surface area contributed by atoms with Gasteiger partial charge in [0.1, 0.15) is 11.5 Å². The predicted molar refractivity (Wildman–Crippen MR) is 99.5 cm³/mol. The molecule has 3 aromatic rings. The zero-order valence-corrected chi connectivity index (χ0v) is 14.9. The van der Waals surface area contributed by atoms with Gasteiger partial charge in [-0.2, -0.15) is 5.10 Å². The molecule has 1 amide bonds. The first-order valence-electron chi connectivity index (χ1n) is 9.34. The number of para-hydroxylation sites is 1. The second-order valence-corrected chi connectivity index (χ2v) is 7.19. The molecule has 2 aliphatic rings. The highest BCUT2D eigenvalue weighted by Crippen LogP contribution is 2.39. The summed E-state index contributed by atoms with van der Waals surface area (Å²) in [6, 6.07) is 10.3. The van der Waals surface area contributed by atoms with Gasteiger partial charge in [-0.1, -0.05) is 12.1 Å². The number of amides is 1. The van der Waals surface area contributed by atoms with Crippen LogP contribution in [0.5, 0.6) is 0 Å². The number of benzene rings is 1. The number of carbonyl (C=O) groups excluding carboxylic acids is 1. The van der Waals surface area contributed by atoms with E-state index in [0.717, 1.165) is 11.3 Å². The minimum absolute atomic E-state index is 0.0910. The number of hydrogen-bond donors (Lipinski definition) is 0. The average Bonchev–Trinajstić information content (AvgIpc) is 3.47. The van der Waals surface area contributed by atoms with Crippen LogP contribution >= 0.6 is 0 Å². The molecule has 1 aliphatic carbocycles. The maximum Gasteiger partial charge on any atom is 0.274 e. The van der Waals surface area contributed by atoms with Crippen LogP contribution in [0.15, 0.2) is 42.6 Å². The van der Waals surface area contributed by atoms with Crippen molar-refractivity contribution < 1.29 is 9.18 Å². The second kappa shape index (κ2) is 6.33. The number of fused-ring (bicyclic) bond motifs is 1. The van der Waals surface area contributed by atoms with Crippen LogP contribution in [0.4, 0.5) is 10.1 Å². The highest BCUT2D eigenvalue weighted by Gasteiger charge is 2.27. The molecular formula is C20H20FN5O. The highest BCUT2D eigenvalue weighted by atomic mass is 19.1. The summed E-state index contributed by atoms with van der Waals surface area (Å²) in [6.07, 6.45) is 4.30. The van der Waals surface area contributed by atoms with E-state index in [-0.39, 0.29) is 11.7 Å². The molecule has 2 fully saturated rings. The molecule has 138 valence electrons. The van der Waals surface area contributed by atoms with Gasteiger partial charge in [0, 0.05) is 32.1 Å². The van der Waals surface area contributed by atoms with Gasteiger partial charge in [-0.05, 0) is 37.1 Å². The molecule has 27 heavy (non-hydrogen) atoms. The van der Waals surface area contributed by atoms with Gasteiger partial charge in [0.25, 0.3) is 5.91 Å². The zero-order chi connectivity index (χ0) is 18.4. The molecule has 1 saturated carbocycles. The number of rotatable bonds is 3. The molecule has 6 nitrogen and oxygen atoms in total. The third-order valence-corrected chi connectivity index (χ3v) is 5.31. The minimum Gasteiger partial charge on any atom is -0.366 e. The Morgan fingerprint density at radius 1 is 1.04 bits per heavy atom. The van der Waals surface area contributed by atoms with Crippen molar-refractivity contribution >= 4 is 17.2 Å². The normalized spacial score (nSPS) is 17.5. The molecule has 0 unspecified atom stereocenters. The van der Waals surface area contributed by atoms with Gasteiger partial charge in [-0.25, -0.2) is 13.9 Å². The molecule has 1 aliphatic heterocycles. The lowest BCUT2D eigenvalue weighted by molar-refractivity contribution is 0.0739. The largest absolute Gasteiger partial charge is 0.366 e. The Balaban J connectivity index is 1.30. The molecule has 1 aromatic carbocycles. The van der Waals surface area contributed by atoms with E-state index in [0.29, 0.717) is 43.5 Å². The lowest BCUT2D eigenvalue weighted by Gasteiger charge is -2.36. The number of anilines is 1. The average molecular weight is 365 g/mol. The van der Waals surface area contributed by atoms with E-state index in [4.69, 9.17) is 0 Å². The van der Waals surface area contributed by atoms with Crippen molar-refractivity contribution in [3.8, 4) is 0 Å². The molecule has 0 bridgehead atoms. The molecule has 5 rings (SSSR count). The highest BCUT2D eigenvalue weighted by molar-refractivity contribution is 5.92. The fourth-order valence-corrected chi connectivity index (χ4v) is 3.61. The lowest BCUT2D eigenvalue weighted by Crippen LogP contribution is -2.49. The topological polar surface area (TPSA) is 53.7 Å². The number of piperazine rings is 1. The van der Waals surface area contributed by atoms with Crippen LogP contribution in [-0.2, 0) is 0 Å². The Kier molecular flexibility index (Phi) is 3.81. The Labute approximate surface area is 156 Å². The van der Waals surface area contributed by atoms with E-state index in [1.165, 1.54) is 18.9 Å². The standard InChI is InChI=1S/C20H20FN5O/c21-15-3-1-2-4-18(15)24-9-11-25(12-10-24)20(27)16-7-8-19-22-17(14-5-6-14)13-26(19)23-16/h1-4,7-8,13-14H,5-6,9-12H2. The Hall–Kier alpha value is -2.96. The van der Waals surface area contributed by atoms with Crippen molar-refractivity contribution in [2.45, 2.75) is 18.8 Å². The maximum atomic E-state index is 14.0. The Bertz CT molecular complexity index is 1000. The first-order valence-corrected chi connectivity index (χ1v) is 9.34. The van der Waals surface area contributed by atoms with Gasteiger partial charge in [-0.15, -0.1) is 0 Å². The van der Waals surface area contributed by atoms with Crippen LogP contribution < -0.4 is 4.90 Å². The van der Waals surface area contributed by atoms with Crippen molar-refractivity contribution in [1.82, 2.24) is 19.5 Å². The van der Waals surface area contributed by atoms with Crippen molar-refractivity contribution in [2.24, 2.45) is 0 Å². The van der Waals surface area contributed by atoms with Crippen LogP contribution in [0.2, 0.25) is 0 Å². The smallest absolute Gasteiger partial charge is 0.274 e. The van der Waals surface area contributed by atoms with Crippen molar-refractivity contribution in [3.05, 3.63) is 59.8 Å². The first-order chi connectivity index (χ1) is 13.2. The summed E-state index contributed by atoms with van der Waals surface area (Å²) in [5.74, 6) is 0.236. The van der Waals surface area contributed by atoms with Gasteiger partial charge >= 0.3 is 0 Å². The maximum absolute atomic E-state index is 14.0. The monoisotopic (exact) mass is 365 g/mol. The zero-order valence-electron chi connectivity index (χ0n) is 14.9. The minimum atomic E-state index is -0.226. The molecule has 0 atom stereocenters. The second-order valence-electron chi connectivity index (χ2n) is 7.19. The van der Waals surface area contributed by atoms with Crippen molar-refractivity contribution in [3.63, 3.8) is 0 Å². The Morgan fingerprint density at radius 3 is 2.56 bits per heavy atom. The van der Waals surface area contributed by atoms with E-state index in [1.54, 1.807) is 27.6 Å². The van der Waals surface area contributed by atoms with E-state index < -0.39 is 0 Å². The summed E-state index contributed by atoms with van der Waals surface area (Å²) < 4.78 is 15.7. The van der Waals surface area contributed by atoms with Crippen LogP contribution in [0, 0.1) is 5.82 Å². The summed E-state index contributed by atoms with van der Waals surface area (Å²) >= 11 is 0. The number of nitrogens with zero attached hydrogens (tertiary/aromatic N) is 5. The van der Waals surface area contributed by atoms with E-state index in [9.17, 15) is 9.18 Å². The summed E-state index contributed by atoms with van der Waals surface area (Å²) in [5, 5.41) is 4.46. The van der Waals surface area contributed by atoms with Gasteiger partial charge in [0.2, 0.25) is 0 Å². The fraction of sp³-hybridized carbons (Fsp3) is 0.350. The van der Waals surface area contributed by atoms with Gasteiger partial charge in [-0.3, -0.25) is 4.79 Å². The summed E-state index contributed by atoms with van der Waals surface area (Å²) in [6.45, 7) is 2.30. The summed E-state index contributed by atoms with van der Waals surface area (Å²) in [5.41, 5.74) is 2.85. The predicted octanol–water partition coefficient (Wildman–Crippen LogP) is 2.71. The summed E-state index contributed by atoms with van der Waals surface area (Å²) in [4.78, 5) is 21.2. The van der Waals surface area contributed by atoms with Gasteiger partial charge in [0.05, 0.1) is 17.6 Å².